The second kappa shape index (κ2) is 4.72. The molecule has 0 aliphatic heterocycles. The molecular formula is C22H28. The van der Waals surface area contributed by atoms with Crippen LogP contribution in [0.25, 0.3) is 0 Å². The molecule has 0 bridgehead atoms. The maximum absolute atomic E-state index is 4.13. The zero-order valence-electron chi connectivity index (χ0n) is 14.7. The minimum Gasteiger partial charge on any atom is -0.0988 e. The molecule has 116 valence electrons. The second-order valence-electron chi connectivity index (χ2n) is 8.28. The molecule has 1 unspecified atom stereocenters. The molecule has 3 rings (SSSR count). The molecule has 0 N–H and O–H groups in total. The van der Waals surface area contributed by atoms with Gasteiger partial charge in [0.25, 0.3) is 0 Å². The lowest BCUT2D eigenvalue weighted by Crippen LogP contribution is -2.27. The van der Waals surface area contributed by atoms with Crippen LogP contribution in [0, 0.1) is 5.41 Å². The third kappa shape index (κ3) is 1.89. The highest BCUT2D eigenvalue weighted by molar-refractivity contribution is 5.60. The Labute approximate surface area is 135 Å². The second-order valence-corrected chi connectivity index (χ2v) is 8.28. The van der Waals surface area contributed by atoms with Gasteiger partial charge in [0, 0.05) is 5.41 Å². The fraction of sp³-hybridized carbons (Fsp3) is 0.455. The van der Waals surface area contributed by atoms with E-state index in [9.17, 15) is 0 Å². The lowest BCUT2D eigenvalue weighted by Gasteiger charge is -2.32. The van der Waals surface area contributed by atoms with E-state index < -0.39 is 0 Å². The summed E-state index contributed by atoms with van der Waals surface area (Å²) in [6, 6.07) is 9.08. The Bertz CT molecular complexity index is 682. The first-order valence-corrected chi connectivity index (χ1v) is 8.39. The van der Waals surface area contributed by atoms with Crippen molar-refractivity contribution < 1.29 is 0 Å². The molecule has 1 aromatic rings. The van der Waals surface area contributed by atoms with Crippen LogP contribution >= 0.6 is 0 Å². The van der Waals surface area contributed by atoms with Gasteiger partial charge in [-0.15, -0.1) is 0 Å². The molecule has 22 heavy (non-hydrogen) atoms. The molecule has 1 spiro atoms. The van der Waals surface area contributed by atoms with E-state index in [1.54, 1.807) is 0 Å². The van der Waals surface area contributed by atoms with Crippen molar-refractivity contribution in [3.63, 3.8) is 0 Å². The highest BCUT2D eigenvalue weighted by Gasteiger charge is 2.55. The Hall–Kier alpha value is -1.56. The largest absolute Gasteiger partial charge is 0.0988 e. The highest BCUT2D eigenvalue weighted by atomic mass is 14.6. The summed E-state index contributed by atoms with van der Waals surface area (Å²) >= 11 is 0. The maximum Gasteiger partial charge on any atom is 0.0225 e. The Morgan fingerprint density at radius 3 is 2.09 bits per heavy atom. The standard InChI is InChI=1S/C22H28/c1-7-11-18-16(8-2)20(3,4)14-22(18)15-21(5,6)17-12-9-10-13-19(17)22/h7-13H,2,14-15H2,1,3-6H3/b11-7-. The van der Waals surface area contributed by atoms with Crippen molar-refractivity contribution in [3.05, 3.63) is 71.3 Å². The quantitative estimate of drug-likeness (QED) is 0.618. The van der Waals surface area contributed by atoms with Crippen molar-refractivity contribution in [1.82, 2.24) is 0 Å². The van der Waals surface area contributed by atoms with Crippen LogP contribution in [0.2, 0.25) is 0 Å². The minimum absolute atomic E-state index is 0.152. The van der Waals surface area contributed by atoms with Gasteiger partial charge in [-0.25, -0.2) is 0 Å². The summed E-state index contributed by atoms with van der Waals surface area (Å²) in [5, 5.41) is 0. The van der Waals surface area contributed by atoms with Crippen LogP contribution in [-0.2, 0) is 10.8 Å². The average molecular weight is 292 g/mol. The molecular weight excluding hydrogens is 264 g/mol. The van der Waals surface area contributed by atoms with E-state index in [0.29, 0.717) is 0 Å². The SMILES string of the molecule is C=CC1=C(/C=C\C)C2(CC1(C)C)CC(C)(C)c1ccccc12. The van der Waals surface area contributed by atoms with Gasteiger partial charge in [-0.3, -0.25) is 0 Å². The zero-order valence-corrected chi connectivity index (χ0v) is 14.7. The number of rotatable bonds is 2. The van der Waals surface area contributed by atoms with E-state index in [1.807, 2.05) is 0 Å². The number of fused-ring (bicyclic) bond motifs is 2. The van der Waals surface area contributed by atoms with Gasteiger partial charge in [-0.05, 0) is 52.9 Å². The Kier molecular flexibility index (Phi) is 3.29. The van der Waals surface area contributed by atoms with Crippen LogP contribution < -0.4 is 0 Å². The summed E-state index contributed by atoms with van der Waals surface area (Å²) in [4.78, 5) is 0. The molecule has 0 saturated heterocycles. The lowest BCUT2D eigenvalue weighted by molar-refractivity contribution is 0.319. The molecule has 0 heteroatoms. The van der Waals surface area contributed by atoms with Crippen molar-refractivity contribution in [2.24, 2.45) is 5.41 Å². The van der Waals surface area contributed by atoms with E-state index >= 15 is 0 Å². The topological polar surface area (TPSA) is 0 Å². The van der Waals surface area contributed by atoms with Gasteiger partial charge >= 0.3 is 0 Å². The summed E-state index contributed by atoms with van der Waals surface area (Å²) in [5.41, 5.74) is 6.56. The van der Waals surface area contributed by atoms with E-state index in [2.05, 4.69) is 83.7 Å². The minimum atomic E-state index is 0.152. The Morgan fingerprint density at radius 2 is 1.50 bits per heavy atom. The van der Waals surface area contributed by atoms with Crippen LogP contribution in [0.3, 0.4) is 0 Å². The molecule has 2 aliphatic carbocycles. The number of benzene rings is 1. The predicted octanol–water partition coefficient (Wildman–Crippen LogP) is 6.09. The zero-order chi connectivity index (χ0) is 16.2. The summed E-state index contributed by atoms with van der Waals surface area (Å²) in [7, 11) is 0. The maximum atomic E-state index is 4.13. The molecule has 0 saturated carbocycles. The van der Waals surface area contributed by atoms with E-state index in [-0.39, 0.29) is 16.2 Å². The fourth-order valence-corrected chi connectivity index (χ4v) is 5.20. The monoisotopic (exact) mass is 292 g/mol. The predicted molar refractivity (Wildman–Crippen MR) is 96.2 cm³/mol. The molecule has 2 aliphatic rings. The Morgan fingerprint density at radius 1 is 0.909 bits per heavy atom. The number of allylic oxidation sites excluding steroid dienone is 5. The molecule has 0 fully saturated rings. The summed E-state index contributed by atoms with van der Waals surface area (Å²) in [6.07, 6.45) is 9.00. The summed E-state index contributed by atoms with van der Waals surface area (Å²) in [6.45, 7) is 15.8. The third-order valence-corrected chi connectivity index (χ3v) is 5.73. The van der Waals surface area contributed by atoms with Crippen LogP contribution in [-0.4, -0.2) is 0 Å². The van der Waals surface area contributed by atoms with Gasteiger partial charge in [0.05, 0.1) is 0 Å². The van der Waals surface area contributed by atoms with Crippen molar-refractivity contribution in [2.75, 3.05) is 0 Å². The van der Waals surface area contributed by atoms with Crippen LogP contribution in [0.4, 0.5) is 0 Å². The molecule has 0 radical (unpaired) electrons. The third-order valence-electron chi connectivity index (χ3n) is 5.73. The smallest absolute Gasteiger partial charge is 0.0225 e. The van der Waals surface area contributed by atoms with Crippen LogP contribution in [0.1, 0.15) is 58.6 Å². The van der Waals surface area contributed by atoms with Crippen LogP contribution in [0.5, 0.6) is 0 Å². The van der Waals surface area contributed by atoms with E-state index in [1.165, 1.54) is 35.1 Å². The van der Waals surface area contributed by atoms with Gasteiger partial charge in [-0.2, -0.15) is 0 Å². The summed E-state index contributed by atoms with van der Waals surface area (Å²) < 4.78 is 0. The molecule has 0 heterocycles. The van der Waals surface area contributed by atoms with Crippen molar-refractivity contribution >= 4 is 0 Å². The molecule has 1 atom stereocenters. The van der Waals surface area contributed by atoms with Crippen LogP contribution in [0.15, 0.2) is 60.2 Å². The van der Waals surface area contributed by atoms with E-state index in [4.69, 9.17) is 0 Å². The van der Waals surface area contributed by atoms with Crippen molar-refractivity contribution in [3.8, 4) is 0 Å². The van der Waals surface area contributed by atoms with Gasteiger partial charge in [0.15, 0.2) is 0 Å². The van der Waals surface area contributed by atoms with Gasteiger partial charge in [0.1, 0.15) is 0 Å². The van der Waals surface area contributed by atoms with Crippen molar-refractivity contribution in [2.45, 2.75) is 58.3 Å². The van der Waals surface area contributed by atoms with Crippen molar-refractivity contribution in [1.29, 1.82) is 0 Å². The molecule has 0 aromatic heterocycles. The van der Waals surface area contributed by atoms with Gasteiger partial charge in [0.2, 0.25) is 0 Å². The highest BCUT2D eigenvalue weighted by Crippen LogP contribution is 2.63. The first-order valence-electron chi connectivity index (χ1n) is 8.39. The molecule has 0 amide bonds. The normalized spacial score (nSPS) is 28.6. The lowest BCUT2D eigenvalue weighted by atomic mass is 9.71. The first-order chi connectivity index (χ1) is 10.3. The van der Waals surface area contributed by atoms with E-state index in [0.717, 1.165) is 0 Å². The molecule has 0 nitrogen and oxygen atoms in total. The fourth-order valence-electron chi connectivity index (χ4n) is 5.20. The van der Waals surface area contributed by atoms with Gasteiger partial charge < -0.3 is 0 Å². The summed E-state index contributed by atoms with van der Waals surface area (Å²) in [5.74, 6) is 0. The van der Waals surface area contributed by atoms with Gasteiger partial charge in [-0.1, -0.05) is 76.8 Å². The molecule has 1 aromatic carbocycles. The first kappa shape index (κ1) is 15.3. The Balaban J connectivity index is 2.32. The number of hydrogen-bond donors (Lipinski definition) is 0. The average Bonchev–Trinajstić information content (AvgIpc) is 2.79. The number of hydrogen-bond acceptors (Lipinski definition) is 0.